The van der Waals surface area contributed by atoms with Crippen molar-refractivity contribution in [2.75, 3.05) is 24.4 Å². The minimum Gasteiger partial charge on any atom is -0.494 e. The van der Waals surface area contributed by atoms with Gasteiger partial charge in [-0.2, -0.15) is 0 Å². The number of halogens is 1. The van der Waals surface area contributed by atoms with Gasteiger partial charge in [-0.15, -0.1) is 0 Å². The number of hydrogen-bond donors (Lipinski definition) is 2. The molecular formula is C20H23ClN2O4. The summed E-state index contributed by atoms with van der Waals surface area (Å²) in [5.74, 6) is 0.472. The van der Waals surface area contributed by atoms with Gasteiger partial charge in [-0.3, -0.25) is 9.59 Å². The number of nitrogens with one attached hydrogen (secondary N) is 2. The highest BCUT2D eigenvalue weighted by Crippen LogP contribution is 2.28. The molecular weight excluding hydrogens is 368 g/mol. The van der Waals surface area contributed by atoms with Crippen LogP contribution in [-0.4, -0.2) is 25.5 Å². The Balaban J connectivity index is 1.99. The van der Waals surface area contributed by atoms with Crippen molar-refractivity contribution in [2.24, 2.45) is 5.92 Å². The molecule has 2 aromatic rings. The lowest BCUT2D eigenvalue weighted by molar-refractivity contribution is -0.119. The van der Waals surface area contributed by atoms with E-state index >= 15 is 0 Å². The topological polar surface area (TPSA) is 76.7 Å². The molecule has 2 N–H and O–H groups in total. The van der Waals surface area contributed by atoms with Crippen molar-refractivity contribution >= 4 is 34.8 Å². The first-order valence-electron chi connectivity index (χ1n) is 8.48. The number of ether oxygens (including phenoxy) is 2. The maximum atomic E-state index is 12.1. The summed E-state index contributed by atoms with van der Waals surface area (Å²) < 4.78 is 10.8. The Labute approximate surface area is 163 Å². The number of methoxy groups -OCH3 is 1. The van der Waals surface area contributed by atoms with E-state index < -0.39 is 0 Å². The van der Waals surface area contributed by atoms with Crippen molar-refractivity contribution in [3.8, 4) is 11.5 Å². The SMILES string of the molecule is COc1cc(NC(=O)COc2ccc(Cl)cc2C)ccc1NC(=O)C(C)C. The standard InChI is InChI=1S/C20H23ClN2O4/c1-12(2)20(25)23-16-7-6-15(10-18(16)26-4)22-19(24)11-27-17-8-5-14(21)9-13(17)3/h5-10,12H,11H2,1-4H3,(H,22,24)(H,23,25). The fraction of sp³-hybridized carbons (Fsp3) is 0.300. The molecule has 0 unspecified atom stereocenters. The largest absolute Gasteiger partial charge is 0.494 e. The van der Waals surface area contributed by atoms with Gasteiger partial charge in [0.25, 0.3) is 5.91 Å². The Morgan fingerprint density at radius 2 is 1.81 bits per heavy atom. The van der Waals surface area contributed by atoms with Crippen LogP contribution in [0, 0.1) is 12.8 Å². The molecule has 0 saturated heterocycles. The molecule has 144 valence electrons. The molecule has 0 aromatic heterocycles. The lowest BCUT2D eigenvalue weighted by Crippen LogP contribution is -2.21. The van der Waals surface area contributed by atoms with Crippen molar-refractivity contribution in [3.63, 3.8) is 0 Å². The van der Waals surface area contributed by atoms with Crippen molar-refractivity contribution < 1.29 is 19.1 Å². The molecule has 27 heavy (non-hydrogen) atoms. The minimum atomic E-state index is -0.314. The number of aryl methyl sites for hydroxylation is 1. The van der Waals surface area contributed by atoms with Crippen LogP contribution in [0.1, 0.15) is 19.4 Å². The number of benzene rings is 2. The van der Waals surface area contributed by atoms with E-state index in [4.69, 9.17) is 21.1 Å². The molecule has 0 heterocycles. The number of carbonyl (C=O) groups excluding carboxylic acids is 2. The Morgan fingerprint density at radius 1 is 1.07 bits per heavy atom. The van der Waals surface area contributed by atoms with E-state index in [0.717, 1.165) is 5.56 Å². The van der Waals surface area contributed by atoms with Crippen molar-refractivity contribution in [1.29, 1.82) is 0 Å². The highest BCUT2D eigenvalue weighted by atomic mass is 35.5. The highest BCUT2D eigenvalue weighted by molar-refractivity contribution is 6.30. The molecule has 0 saturated carbocycles. The molecule has 0 aliphatic heterocycles. The van der Waals surface area contributed by atoms with E-state index in [0.29, 0.717) is 27.9 Å². The highest BCUT2D eigenvalue weighted by Gasteiger charge is 2.12. The van der Waals surface area contributed by atoms with Gasteiger partial charge in [-0.25, -0.2) is 0 Å². The predicted molar refractivity (Wildman–Crippen MR) is 107 cm³/mol. The maximum Gasteiger partial charge on any atom is 0.262 e. The Kier molecular flexibility index (Phi) is 7.07. The van der Waals surface area contributed by atoms with Gasteiger partial charge in [0.1, 0.15) is 11.5 Å². The third kappa shape index (κ3) is 5.89. The minimum absolute atomic E-state index is 0.114. The van der Waals surface area contributed by atoms with Gasteiger partial charge >= 0.3 is 0 Å². The molecule has 7 heteroatoms. The molecule has 0 radical (unpaired) electrons. The van der Waals surface area contributed by atoms with Gasteiger partial charge in [0.05, 0.1) is 12.8 Å². The zero-order valence-corrected chi connectivity index (χ0v) is 16.5. The molecule has 0 spiro atoms. The lowest BCUT2D eigenvalue weighted by Gasteiger charge is -2.14. The number of amides is 2. The first kappa shape index (κ1) is 20.6. The van der Waals surface area contributed by atoms with Crippen molar-refractivity contribution in [1.82, 2.24) is 0 Å². The fourth-order valence-corrected chi connectivity index (χ4v) is 2.49. The van der Waals surface area contributed by atoms with E-state index in [9.17, 15) is 9.59 Å². The number of hydrogen-bond acceptors (Lipinski definition) is 4. The molecule has 2 rings (SSSR count). The zero-order chi connectivity index (χ0) is 20.0. The van der Waals surface area contributed by atoms with E-state index in [-0.39, 0.29) is 24.3 Å². The molecule has 2 aromatic carbocycles. The van der Waals surface area contributed by atoms with Crippen LogP contribution in [0.25, 0.3) is 0 Å². The summed E-state index contributed by atoms with van der Waals surface area (Å²) in [4.78, 5) is 24.0. The molecule has 0 aliphatic rings. The molecule has 6 nitrogen and oxygen atoms in total. The second kappa shape index (κ2) is 9.28. The quantitative estimate of drug-likeness (QED) is 0.740. The Morgan fingerprint density at radius 3 is 2.44 bits per heavy atom. The smallest absolute Gasteiger partial charge is 0.262 e. The second-order valence-corrected chi connectivity index (χ2v) is 6.74. The maximum absolute atomic E-state index is 12.1. The van der Waals surface area contributed by atoms with Crippen LogP contribution in [0.5, 0.6) is 11.5 Å². The van der Waals surface area contributed by atoms with Crippen LogP contribution in [0.4, 0.5) is 11.4 Å². The average molecular weight is 391 g/mol. The zero-order valence-electron chi connectivity index (χ0n) is 15.8. The van der Waals surface area contributed by atoms with Gasteiger partial charge < -0.3 is 20.1 Å². The summed E-state index contributed by atoms with van der Waals surface area (Å²) in [5.41, 5.74) is 1.93. The molecule has 0 atom stereocenters. The summed E-state index contributed by atoms with van der Waals surface area (Å²) in [5, 5.41) is 6.14. The van der Waals surface area contributed by atoms with Crippen molar-refractivity contribution in [3.05, 3.63) is 47.0 Å². The van der Waals surface area contributed by atoms with E-state index in [1.807, 2.05) is 6.92 Å². The van der Waals surface area contributed by atoms with Gasteiger partial charge in [0.2, 0.25) is 5.91 Å². The van der Waals surface area contributed by atoms with Crippen LogP contribution < -0.4 is 20.1 Å². The van der Waals surface area contributed by atoms with Gasteiger partial charge in [-0.1, -0.05) is 25.4 Å². The van der Waals surface area contributed by atoms with E-state index in [2.05, 4.69) is 10.6 Å². The predicted octanol–water partition coefficient (Wildman–Crippen LogP) is 4.27. The van der Waals surface area contributed by atoms with Crippen molar-refractivity contribution in [2.45, 2.75) is 20.8 Å². The summed E-state index contributed by atoms with van der Waals surface area (Å²) in [6, 6.07) is 10.2. The van der Waals surface area contributed by atoms with E-state index in [1.54, 1.807) is 50.2 Å². The first-order chi connectivity index (χ1) is 12.8. The summed E-state index contributed by atoms with van der Waals surface area (Å²) in [6.45, 7) is 5.32. The average Bonchev–Trinajstić information content (AvgIpc) is 2.62. The van der Waals surface area contributed by atoms with Crippen LogP contribution in [0.2, 0.25) is 5.02 Å². The van der Waals surface area contributed by atoms with Gasteiger partial charge in [0.15, 0.2) is 6.61 Å². The van der Waals surface area contributed by atoms with Gasteiger partial charge in [0, 0.05) is 22.7 Å². The molecule has 0 fully saturated rings. The monoisotopic (exact) mass is 390 g/mol. The molecule has 2 amide bonds. The number of anilines is 2. The molecule has 0 bridgehead atoms. The van der Waals surface area contributed by atoms with Crippen LogP contribution in [0.15, 0.2) is 36.4 Å². The molecule has 0 aliphatic carbocycles. The number of rotatable bonds is 7. The summed E-state index contributed by atoms with van der Waals surface area (Å²) in [6.07, 6.45) is 0. The second-order valence-electron chi connectivity index (χ2n) is 6.31. The normalized spacial score (nSPS) is 10.4. The third-order valence-electron chi connectivity index (χ3n) is 3.76. The van der Waals surface area contributed by atoms with Crippen LogP contribution >= 0.6 is 11.6 Å². The van der Waals surface area contributed by atoms with Crippen LogP contribution in [-0.2, 0) is 9.59 Å². The third-order valence-corrected chi connectivity index (χ3v) is 4.00. The summed E-state index contributed by atoms with van der Waals surface area (Å²) in [7, 11) is 1.50. The summed E-state index contributed by atoms with van der Waals surface area (Å²) >= 11 is 5.90. The van der Waals surface area contributed by atoms with Crippen LogP contribution in [0.3, 0.4) is 0 Å². The first-order valence-corrected chi connectivity index (χ1v) is 8.85. The van der Waals surface area contributed by atoms with E-state index in [1.165, 1.54) is 7.11 Å². The fourth-order valence-electron chi connectivity index (χ4n) is 2.26. The Hall–Kier alpha value is -2.73. The Bertz CT molecular complexity index is 837. The lowest BCUT2D eigenvalue weighted by atomic mass is 10.2. The van der Waals surface area contributed by atoms with Gasteiger partial charge in [-0.05, 0) is 42.8 Å². The number of carbonyl (C=O) groups is 2.